The van der Waals surface area contributed by atoms with Gasteiger partial charge in [0.05, 0.1) is 13.2 Å². The zero-order valence-corrected chi connectivity index (χ0v) is 93.2. The minimum Gasteiger partial charge on any atom is -0.381 e. The van der Waals surface area contributed by atoms with E-state index in [1.807, 2.05) is 27.7 Å². The number of ketones is 8. The molecule has 0 aromatic rings. The summed E-state index contributed by atoms with van der Waals surface area (Å²) >= 11 is 0. The molecule has 0 aliphatic heterocycles. The van der Waals surface area contributed by atoms with E-state index in [-0.39, 0.29) is 17.3 Å². The summed E-state index contributed by atoms with van der Waals surface area (Å²) in [5.74, 6) is 2.56. The molecule has 0 rings (SSSR count). The Labute approximate surface area is 790 Å². The first-order chi connectivity index (χ1) is 57.6. The second-order valence-corrected chi connectivity index (χ2v) is 48.0. The molecule has 0 bridgehead atoms. The van der Waals surface area contributed by atoms with E-state index in [0.29, 0.717) is 148 Å². The predicted octanol–water partition coefficient (Wildman–Crippen LogP) is 34.7. The average molecular weight is 1800 g/mol. The van der Waals surface area contributed by atoms with Crippen molar-refractivity contribution in [2.75, 3.05) is 66.1 Å². The van der Waals surface area contributed by atoms with E-state index in [2.05, 4.69) is 222 Å². The molecule has 0 saturated heterocycles. The highest BCUT2D eigenvalue weighted by atomic mass is 16.5. The largest absolute Gasteiger partial charge is 0.381 e. The van der Waals surface area contributed by atoms with Crippen molar-refractivity contribution in [3.63, 3.8) is 0 Å². The summed E-state index contributed by atoms with van der Waals surface area (Å²) in [6.07, 6.45) is 48.3. The molecule has 0 atom stereocenters. The smallest absolute Gasteiger partial charge is 0.134 e. The zero-order valence-electron chi connectivity index (χ0n) is 93.2. The Morgan fingerprint density at radius 3 is 0.548 bits per heavy atom. The van der Waals surface area contributed by atoms with Crippen LogP contribution >= 0.6 is 0 Å². The standard InChI is InChI=1S/C13H26O.C12H24O2.2C12H24O.2C11H22O2.C11H22O.C11H24.C10H20O2.C10H22O/c1-5-12(14)10-8-6-7-9-11-13(2,3)4;1-5-11(13)7-6-9-14-10-8-12(2,3)4;1-11(13)9-7-5-6-8-10-12(2,3)4;1-5-11(13)9-7-6-8-10-12(2,3)4;1-10(12)6-5-8-13-9-7-11(2,3)4;1-5-10(12)6-8-13-9-7-11(2,3)4;1-10(12)8-6-5-7-9-11(2,3)4;1-5-6-7-8-9-10-11(2,3)4;1-9(11)5-7-12-8-6-10(2,3)4;1-5-6-8-11-9-7-10(2,3)4/h5-11H2,1-4H3;5-10H2,1-4H3;2*5-10H2,1-4H3;2*5-9H2,1-4H3;5-9H2,1-4H3;5-10H2,1-4H3;5-8H2,1-4H3;5-9H2,1-4H3. The second-order valence-electron chi connectivity index (χ2n) is 48.0. The summed E-state index contributed by atoms with van der Waals surface area (Å²) in [4.78, 5) is 86.2. The van der Waals surface area contributed by atoms with Gasteiger partial charge in [0.25, 0.3) is 0 Å². The maximum atomic E-state index is 11.0. The number of rotatable bonds is 58. The lowest BCUT2D eigenvalue weighted by Crippen LogP contribution is -2.11. The van der Waals surface area contributed by atoms with E-state index in [1.165, 1.54) is 141 Å². The molecule has 0 aromatic heterocycles. The van der Waals surface area contributed by atoms with E-state index in [4.69, 9.17) is 23.7 Å². The fraction of sp³-hybridized carbons (Fsp3) is 0.929. The molecule has 0 aliphatic carbocycles. The maximum Gasteiger partial charge on any atom is 0.134 e. The van der Waals surface area contributed by atoms with Gasteiger partial charge in [-0.2, -0.15) is 0 Å². The third-order valence-electron chi connectivity index (χ3n) is 20.1. The van der Waals surface area contributed by atoms with Crippen molar-refractivity contribution in [3.05, 3.63) is 0 Å². The van der Waals surface area contributed by atoms with Crippen LogP contribution in [0.1, 0.15) is 566 Å². The Bertz CT molecular complexity index is 2250. The molecule has 0 saturated carbocycles. The van der Waals surface area contributed by atoms with Crippen molar-refractivity contribution in [3.8, 4) is 0 Å². The molecular formula is C113H230O13. The van der Waals surface area contributed by atoms with Crippen LogP contribution < -0.4 is 0 Å². The van der Waals surface area contributed by atoms with Gasteiger partial charge in [-0.15, -0.1) is 0 Å². The highest BCUT2D eigenvalue weighted by Gasteiger charge is 2.17. The van der Waals surface area contributed by atoms with Crippen LogP contribution in [0.2, 0.25) is 0 Å². The lowest BCUT2D eigenvalue weighted by molar-refractivity contribution is -0.120. The molecule has 760 valence electrons. The molecule has 0 fully saturated rings. The summed E-state index contributed by atoms with van der Waals surface area (Å²) < 4.78 is 27.0. The quantitative estimate of drug-likeness (QED) is 0.0525. The summed E-state index contributed by atoms with van der Waals surface area (Å²) in [5.41, 5.74) is 4.17. The Morgan fingerprint density at radius 2 is 0.325 bits per heavy atom. The SMILES string of the molecule is CC(=O)CCCCCC(C)(C)C.CC(=O)CCCCCCC(C)(C)C.CC(=O)CCCOCCC(C)(C)C.CC(=O)CCOCCC(C)(C)C.CCC(=O)CCCCCC(C)(C)C.CCC(=O)CCCCCCC(C)(C)C.CCC(=O)CCCOCCC(C)(C)C.CCC(=O)CCOCCC(C)(C)C.CCCCCCCC(C)(C)C.CCCCOCCC(C)(C)C. The fourth-order valence-electron chi connectivity index (χ4n) is 10.9. The number of hydrogen-bond acceptors (Lipinski definition) is 13. The van der Waals surface area contributed by atoms with Gasteiger partial charge in [-0.1, -0.05) is 352 Å². The number of ether oxygens (including phenoxy) is 5. The van der Waals surface area contributed by atoms with Crippen molar-refractivity contribution in [1.29, 1.82) is 0 Å². The minimum atomic E-state index is 0.200. The molecule has 0 amide bonds. The molecule has 126 heavy (non-hydrogen) atoms. The minimum absolute atomic E-state index is 0.200. The van der Waals surface area contributed by atoms with Crippen LogP contribution in [-0.4, -0.2) is 112 Å². The van der Waals surface area contributed by atoms with Gasteiger partial charge in [0, 0.05) is 130 Å². The molecule has 0 aliphatic rings. The first kappa shape index (κ1) is 144. The Balaban J connectivity index is -0.000000148. The lowest BCUT2D eigenvalue weighted by Gasteiger charge is -2.17. The van der Waals surface area contributed by atoms with Gasteiger partial charge in [-0.05, 0) is 191 Å². The molecule has 0 N–H and O–H groups in total. The van der Waals surface area contributed by atoms with Crippen LogP contribution in [-0.2, 0) is 62.0 Å². The summed E-state index contributed by atoms with van der Waals surface area (Å²) in [6, 6.07) is 0. The maximum absolute atomic E-state index is 11.0. The molecule has 0 radical (unpaired) electrons. The highest BCUT2D eigenvalue weighted by Crippen LogP contribution is 2.28. The van der Waals surface area contributed by atoms with Crippen LogP contribution in [0.4, 0.5) is 0 Å². The van der Waals surface area contributed by atoms with E-state index in [1.54, 1.807) is 27.7 Å². The molecular weight excluding hydrogens is 1570 g/mol. The fourth-order valence-corrected chi connectivity index (χ4v) is 10.9. The number of carbonyl (C=O) groups excluding carboxylic acids is 8. The summed E-state index contributed by atoms with van der Waals surface area (Å²) in [5, 5.41) is 0. The average Bonchev–Trinajstić information content (AvgIpc) is 1.03. The van der Waals surface area contributed by atoms with Crippen LogP contribution in [0, 0.1) is 54.1 Å². The van der Waals surface area contributed by atoms with Crippen molar-refractivity contribution < 1.29 is 62.0 Å². The van der Waals surface area contributed by atoms with Crippen molar-refractivity contribution in [2.45, 2.75) is 566 Å². The predicted molar refractivity (Wildman–Crippen MR) is 553 cm³/mol. The van der Waals surface area contributed by atoms with Crippen molar-refractivity contribution in [1.82, 2.24) is 0 Å². The molecule has 13 heteroatoms. The number of carbonyl (C=O) groups is 8. The van der Waals surface area contributed by atoms with E-state index < -0.39 is 0 Å². The van der Waals surface area contributed by atoms with E-state index in [9.17, 15) is 38.4 Å². The van der Waals surface area contributed by atoms with Crippen molar-refractivity contribution >= 4 is 46.3 Å². The lowest BCUT2D eigenvalue weighted by atomic mass is 9.89. The molecule has 0 aromatic carbocycles. The van der Waals surface area contributed by atoms with Crippen LogP contribution in [0.3, 0.4) is 0 Å². The van der Waals surface area contributed by atoms with Gasteiger partial charge < -0.3 is 38.1 Å². The second kappa shape index (κ2) is 90.0. The Hall–Kier alpha value is -2.84. The topological polar surface area (TPSA) is 183 Å². The molecule has 0 spiro atoms. The van der Waals surface area contributed by atoms with Gasteiger partial charge >= 0.3 is 0 Å². The van der Waals surface area contributed by atoms with Crippen LogP contribution in [0.25, 0.3) is 0 Å². The van der Waals surface area contributed by atoms with E-state index >= 15 is 0 Å². The van der Waals surface area contributed by atoms with Gasteiger partial charge in [0.2, 0.25) is 0 Å². The number of unbranched alkanes of at least 4 members (excludes halogenated alkanes) is 15. The monoisotopic (exact) mass is 1800 g/mol. The third-order valence-corrected chi connectivity index (χ3v) is 20.1. The van der Waals surface area contributed by atoms with Crippen LogP contribution in [0.15, 0.2) is 0 Å². The summed E-state index contributed by atoms with van der Waals surface area (Å²) in [6.45, 7) is 93.6. The molecule has 0 heterocycles. The van der Waals surface area contributed by atoms with Crippen molar-refractivity contribution in [2.24, 2.45) is 54.1 Å². The number of Topliss-reactive ketones (excluding diaryl/α,β-unsaturated/α-hetero) is 8. The van der Waals surface area contributed by atoms with Crippen LogP contribution in [0.5, 0.6) is 0 Å². The summed E-state index contributed by atoms with van der Waals surface area (Å²) in [7, 11) is 0. The molecule has 13 nitrogen and oxygen atoms in total. The normalized spacial score (nSPS) is 11.7. The third kappa shape index (κ3) is 185. The van der Waals surface area contributed by atoms with E-state index in [0.717, 1.165) is 149 Å². The Kier molecular flexibility index (Phi) is 103. The van der Waals surface area contributed by atoms with Gasteiger partial charge in [-0.25, -0.2) is 0 Å². The highest BCUT2D eigenvalue weighted by molar-refractivity contribution is 5.79. The first-order valence-electron chi connectivity index (χ1n) is 51.5. The van der Waals surface area contributed by atoms with Gasteiger partial charge in [-0.3, -0.25) is 24.0 Å². The van der Waals surface area contributed by atoms with Gasteiger partial charge in [0.1, 0.15) is 46.3 Å². The van der Waals surface area contributed by atoms with Gasteiger partial charge in [0.15, 0.2) is 0 Å². The number of hydrogen-bond donors (Lipinski definition) is 0. The Morgan fingerprint density at radius 1 is 0.159 bits per heavy atom. The first-order valence-corrected chi connectivity index (χ1v) is 51.5. The molecule has 0 unspecified atom stereocenters. The zero-order chi connectivity index (χ0) is 100.